The Hall–Kier alpha value is -0.000000000000000333. The van der Waals surface area contributed by atoms with Gasteiger partial charge in [-0.1, -0.05) is 0 Å². The van der Waals surface area contributed by atoms with Gasteiger partial charge in [-0.25, -0.2) is 16.8 Å². The summed E-state index contributed by atoms with van der Waals surface area (Å²) in [6.07, 6.45) is 0.412. The lowest BCUT2D eigenvalue weighted by molar-refractivity contribution is 0.599. The van der Waals surface area contributed by atoms with Gasteiger partial charge in [-0.3, -0.25) is 0 Å². The zero-order valence-electron chi connectivity index (χ0n) is 11.2. The molecule has 22 heavy (non-hydrogen) atoms. The van der Waals surface area contributed by atoms with E-state index >= 15 is 0 Å². The zero-order valence-corrected chi connectivity index (χ0v) is 16.2. The predicted molar refractivity (Wildman–Crippen MR) is 98.3 cm³/mol. The van der Waals surface area contributed by atoms with Gasteiger partial charge in [-0.2, -0.15) is 0 Å². The number of rotatable bonds is 5. The summed E-state index contributed by atoms with van der Waals surface area (Å²) in [6, 6.07) is 3.36. The van der Waals surface area contributed by atoms with E-state index in [-0.39, 0.29) is 24.3 Å². The second kappa shape index (κ2) is 9.33. The number of unbranched alkanes of at least 4 members (excludes halogenated alkanes) is 1. The minimum absolute atomic E-state index is 0.206. The average Bonchev–Trinajstić information content (AvgIpc) is 2.31. The van der Waals surface area contributed by atoms with Crippen LogP contribution in [0.2, 0.25) is 0 Å². The normalized spacial score (nSPS) is 11.6. The van der Waals surface area contributed by atoms with Crippen LogP contribution in [0.1, 0.15) is 12.8 Å². The molecule has 128 valence electrons. The van der Waals surface area contributed by atoms with Crippen LogP contribution in [-0.2, 0) is 18.1 Å². The molecule has 1 aromatic carbocycles. The third-order valence-corrected chi connectivity index (χ3v) is 5.46. The highest BCUT2D eigenvalue weighted by molar-refractivity contribution is 8.14. The van der Waals surface area contributed by atoms with E-state index in [2.05, 4.69) is 25.3 Å². The fourth-order valence-corrected chi connectivity index (χ4v) is 3.32. The van der Waals surface area contributed by atoms with Gasteiger partial charge < -0.3 is 11.5 Å². The molecule has 0 saturated carbocycles. The van der Waals surface area contributed by atoms with Crippen molar-refractivity contribution in [1.29, 1.82) is 0 Å². The molecule has 0 radical (unpaired) electrons. The number of hydrogen-bond donors (Lipinski definition) is 4. The van der Waals surface area contributed by atoms with Gasteiger partial charge in [-0.05, 0) is 25.0 Å². The minimum Gasteiger partial charge on any atom is -0.398 e. The second-order valence-corrected chi connectivity index (χ2v) is 10.9. The van der Waals surface area contributed by atoms with Gasteiger partial charge in [-0.15, -0.1) is 25.3 Å². The number of nitrogens with two attached hydrogens (primary N) is 2. The lowest BCUT2D eigenvalue weighted by Gasteiger charge is -2.02. The van der Waals surface area contributed by atoms with E-state index in [0.717, 1.165) is 0 Å². The lowest BCUT2D eigenvalue weighted by Crippen LogP contribution is -2.02. The summed E-state index contributed by atoms with van der Waals surface area (Å²) >= 11 is 8.15. The molecule has 0 unspecified atom stereocenters. The molecule has 1 aromatic rings. The maximum atomic E-state index is 10.3. The van der Waals surface area contributed by atoms with Crippen LogP contribution < -0.4 is 11.5 Å². The number of benzene rings is 1. The maximum Gasteiger partial charge on any atom is 0.232 e. The molecule has 1 rings (SSSR count). The quantitative estimate of drug-likeness (QED) is 0.248. The van der Waals surface area contributed by atoms with Gasteiger partial charge in [0.05, 0.1) is 11.5 Å². The molecular weight excluding hydrogens is 411 g/mol. The molecular formula is C10H16Cl2N2O4S4. The van der Waals surface area contributed by atoms with Crippen molar-refractivity contribution in [3.05, 3.63) is 12.1 Å². The summed E-state index contributed by atoms with van der Waals surface area (Å²) in [4.78, 5) is 1.38. The van der Waals surface area contributed by atoms with Crippen molar-refractivity contribution >= 4 is 76.1 Å². The van der Waals surface area contributed by atoms with Crippen molar-refractivity contribution in [2.75, 3.05) is 23.0 Å². The molecule has 12 heteroatoms. The van der Waals surface area contributed by atoms with E-state index in [1.54, 1.807) is 12.1 Å². The molecule has 6 nitrogen and oxygen atoms in total. The highest BCUT2D eigenvalue weighted by Crippen LogP contribution is 2.25. The maximum absolute atomic E-state index is 10.3. The standard InChI is InChI=1S/C6H8N2S2.C4H8Cl2O4S2/c7-3-1-5(9)4(8)2-6(3)10;5-11(7,8)3-1-2-4-12(6,9)10/h1-2,9-10H,7-8H2;1-4H2. The molecule has 0 atom stereocenters. The van der Waals surface area contributed by atoms with Crippen molar-refractivity contribution in [1.82, 2.24) is 0 Å². The van der Waals surface area contributed by atoms with Crippen LogP contribution in [0.3, 0.4) is 0 Å². The van der Waals surface area contributed by atoms with Crippen LogP contribution in [0.15, 0.2) is 21.9 Å². The van der Waals surface area contributed by atoms with Gasteiger partial charge in [0.15, 0.2) is 0 Å². The SMILES string of the molecule is Nc1cc(S)c(N)cc1S.O=S(=O)(Cl)CCCCS(=O)(=O)Cl. The van der Waals surface area contributed by atoms with Crippen LogP contribution in [0.5, 0.6) is 0 Å². The molecule has 0 amide bonds. The Morgan fingerprint density at radius 1 is 0.818 bits per heavy atom. The van der Waals surface area contributed by atoms with Crippen LogP contribution in [0.25, 0.3) is 0 Å². The van der Waals surface area contributed by atoms with Crippen LogP contribution in [-0.4, -0.2) is 28.3 Å². The summed E-state index contributed by atoms with van der Waals surface area (Å²) < 4.78 is 41.4. The van der Waals surface area contributed by atoms with Gasteiger partial charge >= 0.3 is 0 Å². The highest BCUT2D eigenvalue weighted by atomic mass is 35.7. The molecule has 0 saturated heterocycles. The van der Waals surface area contributed by atoms with Crippen molar-refractivity contribution in [2.24, 2.45) is 0 Å². The third kappa shape index (κ3) is 11.6. The first-order chi connectivity index (χ1) is 9.82. The van der Waals surface area contributed by atoms with Gasteiger partial charge in [0, 0.05) is 42.5 Å². The Morgan fingerprint density at radius 3 is 1.32 bits per heavy atom. The fraction of sp³-hybridized carbons (Fsp3) is 0.400. The van der Waals surface area contributed by atoms with Gasteiger partial charge in [0.2, 0.25) is 18.1 Å². The monoisotopic (exact) mass is 426 g/mol. The first kappa shape index (κ1) is 22.0. The molecule has 0 aliphatic rings. The number of hydrogen-bond acceptors (Lipinski definition) is 8. The minimum atomic E-state index is -3.51. The van der Waals surface area contributed by atoms with Crippen molar-refractivity contribution in [3.8, 4) is 0 Å². The summed E-state index contributed by atoms with van der Waals surface area (Å²) in [6.45, 7) is 0. The topological polar surface area (TPSA) is 120 Å². The number of nitrogen functional groups attached to an aromatic ring is 2. The molecule has 0 heterocycles. The summed E-state index contributed by atoms with van der Waals surface area (Å²) in [5.74, 6) is -0.443. The van der Waals surface area contributed by atoms with E-state index in [4.69, 9.17) is 32.8 Å². The second-order valence-electron chi connectivity index (χ2n) is 4.16. The first-order valence-corrected chi connectivity index (χ1v) is 11.6. The molecule has 0 aromatic heterocycles. The highest BCUT2D eigenvalue weighted by Gasteiger charge is 2.08. The Balaban J connectivity index is 0.000000406. The zero-order chi connectivity index (χ0) is 17.6. The molecule has 0 spiro atoms. The van der Waals surface area contributed by atoms with Gasteiger partial charge in [0.1, 0.15) is 0 Å². The molecule has 0 bridgehead atoms. The van der Waals surface area contributed by atoms with Crippen molar-refractivity contribution in [2.45, 2.75) is 22.6 Å². The lowest BCUT2D eigenvalue weighted by atomic mass is 10.3. The largest absolute Gasteiger partial charge is 0.398 e. The van der Waals surface area contributed by atoms with E-state index in [1.165, 1.54) is 0 Å². The predicted octanol–water partition coefficient (Wildman–Crippen LogP) is 2.33. The number of anilines is 2. The van der Waals surface area contributed by atoms with E-state index < -0.39 is 18.1 Å². The Morgan fingerprint density at radius 2 is 1.09 bits per heavy atom. The molecule has 0 fully saturated rings. The van der Waals surface area contributed by atoms with Crippen LogP contribution in [0.4, 0.5) is 11.4 Å². The van der Waals surface area contributed by atoms with Gasteiger partial charge in [0.25, 0.3) is 0 Å². The van der Waals surface area contributed by atoms with E-state index in [1.807, 2.05) is 0 Å². The fourth-order valence-electron chi connectivity index (χ4n) is 1.16. The van der Waals surface area contributed by atoms with Crippen molar-refractivity contribution < 1.29 is 16.8 Å². The molecule has 0 aliphatic heterocycles. The van der Waals surface area contributed by atoms with Crippen LogP contribution >= 0.6 is 46.6 Å². The average molecular weight is 427 g/mol. The van der Waals surface area contributed by atoms with Crippen LogP contribution in [0, 0.1) is 0 Å². The number of thiol groups is 2. The van der Waals surface area contributed by atoms with E-state index in [9.17, 15) is 16.8 Å². The Bertz CT molecular complexity index is 624. The Kier molecular flexibility index (Phi) is 9.33. The Labute approximate surface area is 150 Å². The van der Waals surface area contributed by atoms with Crippen molar-refractivity contribution in [3.63, 3.8) is 0 Å². The summed E-state index contributed by atoms with van der Waals surface area (Å²) in [5, 5.41) is 0. The molecule has 4 N–H and O–H groups in total. The summed E-state index contributed by atoms with van der Waals surface area (Å²) in [5.41, 5.74) is 12.2. The molecule has 0 aliphatic carbocycles. The number of halogens is 2. The smallest absolute Gasteiger partial charge is 0.232 e. The first-order valence-electron chi connectivity index (χ1n) is 5.73. The third-order valence-electron chi connectivity index (χ3n) is 2.20. The van der Waals surface area contributed by atoms with E-state index in [0.29, 0.717) is 21.2 Å². The summed E-state index contributed by atoms with van der Waals surface area (Å²) in [7, 11) is 2.73.